The van der Waals surface area contributed by atoms with E-state index in [-0.39, 0.29) is 11.8 Å². The molecule has 0 aliphatic rings. The number of nitrogens with zero attached hydrogens (tertiary/aromatic N) is 1. The zero-order chi connectivity index (χ0) is 12.8. The first-order valence-electron chi connectivity index (χ1n) is 5.35. The number of nitrogens with one attached hydrogen (secondary N) is 1. The van der Waals surface area contributed by atoms with Crippen LogP contribution in [0.1, 0.15) is 18.9 Å². The quantitative estimate of drug-likeness (QED) is 0.624. The highest BCUT2D eigenvalue weighted by molar-refractivity contribution is 9.10. The fourth-order valence-corrected chi connectivity index (χ4v) is 1.90. The Labute approximate surface area is 108 Å². The van der Waals surface area contributed by atoms with Gasteiger partial charge in [0.05, 0.1) is 11.0 Å². The Balaban J connectivity index is 2.62. The Morgan fingerprint density at radius 1 is 1.53 bits per heavy atom. The van der Waals surface area contributed by atoms with Crippen molar-refractivity contribution in [2.24, 2.45) is 0 Å². The molecule has 1 rings (SSSR count). The maximum Gasteiger partial charge on any atom is 0.270 e. The monoisotopic (exact) mass is 302 g/mol. The number of aliphatic hydroxyl groups excluding tert-OH is 1. The second kappa shape index (κ2) is 6.68. The summed E-state index contributed by atoms with van der Waals surface area (Å²) in [6, 6.07) is 4.80. The van der Waals surface area contributed by atoms with Gasteiger partial charge in [0, 0.05) is 29.7 Å². The summed E-state index contributed by atoms with van der Waals surface area (Å²) in [6.07, 6.45) is 0.308. The van der Waals surface area contributed by atoms with Gasteiger partial charge in [-0.1, -0.05) is 22.9 Å². The lowest BCUT2D eigenvalue weighted by Crippen LogP contribution is -2.25. The fourth-order valence-electron chi connectivity index (χ4n) is 1.37. The summed E-state index contributed by atoms with van der Waals surface area (Å²) in [6.45, 7) is 2.88. The van der Waals surface area contributed by atoms with Crippen LogP contribution in [0.4, 0.5) is 5.69 Å². The Morgan fingerprint density at radius 3 is 2.82 bits per heavy atom. The molecule has 1 atom stereocenters. The predicted molar refractivity (Wildman–Crippen MR) is 68.8 cm³/mol. The third kappa shape index (κ3) is 4.80. The van der Waals surface area contributed by atoms with Crippen molar-refractivity contribution in [3.63, 3.8) is 0 Å². The maximum absolute atomic E-state index is 10.7. The van der Waals surface area contributed by atoms with Gasteiger partial charge >= 0.3 is 0 Å². The van der Waals surface area contributed by atoms with E-state index >= 15 is 0 Å². The number of nitro benzene ring substituents is 1. The smallest absolute Gasteiger partial charge is 0.270 e. The summed E-state index contributed by atoms with van der Waals surface area (Å²) in [5, 5.41) is 23.1. The van der Waals surface area contributed by atoms with Crippen LogP contribution in [-0.2, 0) is 6.54 Å². The first-order chi connectivity index (χ1) is 8.02. The second-order valence-corrected chi connectivity index (χ2v) is 4.68. The highest BCUT2D eigenvalue weighted by Crippen LogP contribution is 2.21. The van der Waals surface area contributed by atoms with Crippen LogP contribution in [0.25, 0.3) is 0 Å². The lowest BCUT2D eigenvalue weighted by molar-refractivity contribution is -0.385. The fraction of sp³-hybridized carbons (Fsp3) is 0.455. The highest BCUT2D eigenvalue weighted by Gasteiger charge is 2.08. The topological polar surface area (TPSA) is 75.4 Å². The normalized spacial score (nSPS) is 12.4. The summed E-state index contributed by atoms with van der Waals surface area (Å²) in [7, 11) is 0. The maximum atomic E-state index is 10.7. The van der Waals surface area contributed by atoms with Gasteiger partial charge in [-0.3, -0.25) is 10.1 Å². The van der Waals surface area contributed by atoms with E-state index in [1.807, 2.05) is 13.0 Å². The molecule has 94 valence electrons. The van der Waals surface area contributed by atoms with E-state index in [9.17, 15) is 15.2 Å². The molecule has 1 unspecified atom stereocenters. The molecule has 1 aromatic rings. The van der Waals surface area contributed by atoms with Gasteiger partial charge in [0.2, 0.25) is 0 Å². The summed E-state index contributed by atoms with van der Waals surface area (Å²) in [4.78, 5) is 10.2. The summed E-state index contributed by atoms with van der Waals surface area (Å²) >= 11 is 3.23. The van der Waals surface area contributed by atoms with Crippen molar-refractivity contribution < 1.29 is 10.0 Å². The number of rotatable bonds is 6. The molecular formula is C11H15BrN2O3. The van der Waals surface area contributed by atoms with Gasteiger partial charge in [0.15, 0.2) is 0 Å². The van der Waals surface area contributed by atoms with Crippen molar-refractivity contribution in [1.29, 1.82) is 0 Å². The lowest BCUT2D eigenvalue weighted by atomic mass is 10.2. The van der Waals surface area contributed by atoms with Crippen LogP contribution < -0.4 is 5.32 Å². The molecule has 1 aromatic carbocycles. The van der Waals surface area contributed by atoms with Gasteiger partial charge in [-0.2, -0.15) is 0 Å². The number of hydrogen-bond donors (Lipinski definition) is 2. The van der Waals surface area contributed by atoms with Crippen LogP contribution in [-0.4, -0.2) is 22.7 Å². The van der Waals surface area contributed by atoms with Gasteiger partial charge < -0.3 is 10.4 Å². The molecule has 0 spiro atoms. The molecule has 0 aliphatic heterocycles. The molecule has 0 aliphatic carbocycles. The average molecular weight is 303 g/mol. The van der Waals surface area contributed by atoms with E-state index in [0.29, 0.717) is 24.0 Å². The SMILES string of the molecule is CCC(O)CNCc1cc(Br)cc([N+](=O)[O-])c1. The van der Waals surface area contributed by atoms with Gasteiger partial charge in [-0.05, 0) is 18.1 Å². The molecule has 6 heteroatoms. The molecule has 0 fully saturated rings. The molecule has 5 nitrogen and oxygen atoms in total. The molecule has 2 N–H and O–H groups in total. The zero-order valence-electron chi connectivity index (χ0n) is 9.52. The summed E-state index contributed by atoms with van der Waals surface area (Å²) < 4.78 is 0.680. The van der Waals surface area contributed by atoms with E-state index in [4.69, 9.17) is 0 Å². The van der Waals surface area contributed by atoms with E-state index in [2.05, 4.69) is 21.2 Å². The molecule has 0 aromatic heterocycles. The van der Waals surface area contributed by atoms with Gasteiger partial charge in [-0.15, -0.1) is 0 Å². The van der Waals surface area contributed by atoms with E-state index < -0.39 is 4.92 Å². The number of nitro groups is 1. The van der Waals surface area contributed by atoms with Crippen LogP contribution in [0.3, 0.4) is 0 Å². The summed E-state index contributed by atoms with van der Waals surface area (Å²) in [5.74, 6) is 0. The van der Waals surface area contributed by atoms with Crippen LogP contribution in [0, 0.1) is 10.1 Å². The Kier molecular flexibility index (Phi) is 5.54. The zero-order valence-corrected chi connectivity index (χ0v) is 11.1. The Morgan fingerprint density at radius 2 is 2.24 bits per heavy atom. The predicted octanol–water partition coefficient (Wildman–Crippen LogP) is 2.22. The molecule has 0 amide bonds. The third-order valence-corrected chi connectivity index (χ3v) is 2.79. The van der Waals surface area contributed by atoms with Gasteiger partial charge in [0.25, 0.3) is 5.69 Å². The lowest BCUT2D eigenvalue weighted by Gasteiger charge is -2.09. The minimum Gasteiger partial charge on any atom is -0.392 e. The average Bonchev–Trinajstić information content (AvgIpc) is 2.28. The third-order valence-electron chi connectivity index (χ3n) is 2.33. The number of non-ortho nitro benzene ring substituents is 1. The van der Waals surface area contributed by atoms with Crippen molar-refractivity contribution in [1.82, 2.24) is 5.32 Å². The van der Waals surface area contributed by atoms with Crippen LogP contribution in [0.5, 0.6) is 0 Å². The molecule has 0 saturated carbocycles. The van der Waals surface area contributed by atoms with Gasteiger partial charge in [0.1, 0.15) is 0 Å². The minimum atomic E-state index is -0.421. The second-order valence-electron chi connectivity index (χ2n) is 3.77. The first kappa shape index (κ1) is 14.1. The Hall–Kier alpha value is -0.980. The van der Waals surface area contributed by atoms with E-state index in [1.165, 1.54) is 12.1 Å². The molecular weight excluding hydrogens is 288 g/mol. The highest BCUT2D eigenvalue weighted by atomic mass is 79.9. The van der Waals surface area contributed by atoms with Crippen molar-refractivity contribution in [2.45, 2.75) is 26.0 Å². The standard InChI is InChI=1S/C11H15BrN2O3/c1-2-11(15)7-13-6-8-3-9(12)5-10(4-8)14(16)17/h3-5,11,13,15H,2,6-7H2,1H3. The van der Waals surface area contributed by atoms with Crippen LogP contribution in [0.15, 0.2) is 22.7 Å². The van der Waals surface area contributed by atoms with E-state index in [0.717, 1.165) is 5.56 Å². The molecule has 0 radical (unpaired) electrons. The van der Waals surface area contributed by atoms with Gasteiger partial charge in [-0.25, -0.2) is 0 Å². The Bertz CT molecular complexity index is 398. The van der Waals surface area contributed by atoms with Crippen molar-refractivity contribution in [2.75, 3.05) is 6.54 Å². The van der Waals surface area contributed by atoms with Crippen LogP contribution >= 0.6 is 15.9 Å². The molecule has 17 heavy (non-hydrogen) atoms. The van der Waals surface area contributed by atoms with Crippen LogP contribution in [0.2, 0.25) is 0 Å². The van der Waals surface area contributed by atoms with Crippen molar-refractivity contribution >= 4 is 21.6 Å². The largest absolute Gasteiger partial charge is 0.392 e. The number of halogens is 1. The van der Waals surface area contributed by atoms with E-state index in [1.54, 1.807) is 0 Å². The minimum absolute atomic E-state index is 0.0622. The molecule has 0 heterocycles. The summed E-state index contributed by atoms with van der Waals surface area (Å²) in [5.41, 5.74) is 0.876. The molecule has 0 bridgehead atoms. The van der Waals surface area contributed by atoms with Crippen molar-refractivity contribution in [3.8, 4) is 0 Å². The molecule has 0 saturated heterocycles. The number of hydrogen-bond acceptors (Lipinski definition) is 4. The first-order valence-corrected chi connectivity index (χ1v) is 6.15. The van der Waals surface area contributed by atoms with Crippen molar-refractivity contribution in [3.05, 3.63) is 38.3 Å². The number of aliphatic hydroxyl groups is 1. The number of benzene rings is 1.